The van der Waals surface area contributed by atoms with Gasteiger partial charge < -0.3 is 4.74 Å². The zero-order valence-corrected chi connectivity index (χ0v) is 9.52. The molecule has 0 atom stereocenters. The normalized spacial score (nSPS) is 9.47. The van der Waals surface area contributed by atoms with E-state index in [1.54, 1.807) is 13.0 Å². The summed E-state index contributed by atoms with van der Waals surface area (Å²) in [4.78, 5) is 21.5. The molecule has 0 bridgehead atoms. The Morgan fingerprint density at radius 2 is 2.29 bits per heavy atom. The van der Waals surface area contributed by atoms with Gasteiger partial charge in [-0.05, 0) is 19.1 Å². The summed E-state index contributed by atoms with van der Waals surface area (Å²) in [7, 11) is 0. The molecule has 0 aromatic heterocycles. The summed E-state index contributed by atoms with van der Waals surface area (Å²) in [6, 6.07) is 3.97. The van der Waals surface area contributed by atoms with E-state index >= 15 is 0 Å². The molecule has 1 aromatic rings. The van der Waals surface area contributed by atoms with Gasteiger partial charge in [0.15, 0.2) is 0 Å². The number of hydrogen-bond donors (Lipinski definition) is 0. The lowest BCUT2D eigenvalue weighted by Crippen LogP contribution is -2.09. The smallest absolute Gasteiger partial charge is 0.345 e. The van der Waals surface area contributed by atoms with Gasteiger partial charge in [0, 0.05) is 0 Å². The molecule has 0 saturated heterocycles. The highest BCUT2D eigenvalue weighted by atomic mass is 35.5. The average molecular weight is 255 g/mol. The number of rotatable bonds is 3. The zero-order chi connectivity index (χ0) is 13.0. The van der Waals surface area contributed by atoms with Gasteiger partial charge in [0.1, 0.15) is 10.6 Å². The number of carbonyl (C=O) groups is 1. The number of nitriles is 1. The minimum absolute atomic E-state index is 0.0589. The second kappa shape index (κ2) is 5.27. The molecule has 1 rings (SSSR count). The van der Waals surface area contributed by atoms with Crippen LogP contribution >= 0.6 is 11.6 Å². The fourth-order valence-electron chi connectivity index (χ4n) is 1.21. The SMILES string of the molecule is CCOC(=O)c1cc(C#N)cc(Cl)c1[N+](=O)[O-]. The van der Waals surface area contributed by atoms with E-state index < -0.39 is 16.6 Å². The van der Waals surface area contributed by atoms with Crippen LogP contribution in [0.15, 0.2) is 12.1 Å². The second-order valence-electron chi connectivity index (χ2n) is 2.94. The van der Waals surface area contributed by atoms with Crippen LogP contribution < -0.4 is 0 Å². The number of hydrogen-bond acceptors (Lipinski definition) is 5. The fraction of sp³-hybridized carbons (Fsp3) is 0.200. The summed E-state index contributed by atoms with van der Waals surface area (Å²) in [6.07, 6.45) is 0. The first-order valence-corrected chi connectivity index (χ1v) is 4.94. The predicted molar refractivity (Wildman–Crippen MR) is 58.8 cm³/mol. The molecular formula is C10H7ClN2O4. The monoisotopic (exact) mass is 254 g/mol. The first-order valence-electron chi connectivity index (χ1n) is 4.56. The van der Waals surface area contributed by atoms with Crippen molar-refractivity contribution in [2.45, 2.75) is 6.92 Å². The molecule has 0 unspecified atom stereocenters. The van der Waals surface area contributed by atoms with E-state index in [-0.39, 0.29) is 22.8 Å². The minimum Gasteiger partial charge on any atom is -0.462 e. The van der Waals surface area contributed by atoms with Crippen molar-refractivity contribution in [1.82, 2.24) is 0 Å². The van der Waals surface area contributed by atoms with E-state index in [1.165, 1.54) is 0 Å². The lowest BCUT2D eigenvalue weighted by atomic mass is 10.1. The van der Waals surface area contributed by atoms with Crippen LogP contribution in [0, 0.1) is 21.4 Å². The van der Waals surface area contributed by atoms with Crippen LogP contribution in [0.3, 0.4) is 0 Å². The van der Waals surface area contributed by atoms with E-state index in [4.69, 9.17) is 16.9 Å². The summed E-state index contributed by atoms with van der Waals surface area (Å²) in [6.45, 7) is 1.64. The van der Waals surface area contributed by atoms with E-state index in [0.29, 0.717) is 0 Å². The highest BCUT2D eigenvalue weighted by molar-refractivity contribution is 6.33. The molecule has 0 spiro atoms. The number of esters is 1. The molecule has 0 fully saturated rings. The third-order valence-corrected chi connectivity index (χ3v) is 2.16. The summed E-state index contributed by atoms with van der Waals surface area (Å²) >= 11 is 5.65. The molecule has 17 heavy (non-hydrogen) atoms. The van der Waals surface area contributed by atoms with Crippen LogP contribution in [0.5, 0.6) is 0 Å². The molecule has 88 valence electrons. The van der Waals surface area contributed by atoms with Crippen molar-refractivity contribution in [3.63, 3.8) is 0 Å². The lowest BCUT2D eigenvalue weighted by molar-refractivity contribution is -0.385. The molecule has 6 nitrogen and oxygen atoms in total. The van der Waals surface area contributed by atoms with Gasteiger partial charge in [-0.1, -0.05) is 11.6 Å². The zero-order valence-electron chi connectivity index (χ0n) is 8.77. The van der Waals surface area contributed by atoms with Crippen molar-refractivity contribution in [1.29, 1.82) is 5.26 Å². The number of ether oxygens (including phenoxy) is 1. The van der Waals surface area contributed by atoms with Gasteiger partial charge in [-0.2, -0.15) is 5.26 Å². The van der Waals surface area contributed by atoms with Crippen molar-refractivity contribution < 1.29 is 14.5 Å². The number of halogens is 1. The Labute approximate surface area is 102 Å². The van der Waals surface area contributed by atoms with Crippen molar-refractivity contribution in [3.8, 4) is 6.07 Å². The highest BCUT2D eigenvalue weighted by Gasteiger charge is 2.26. The van der Waals surface area contributed by atoms with Crippen LogP contribution in [-0.2, 0) is 4.74 Å². The number of benzene rings is 1. The van der Waals surface area contributed by atoms with E-state index in [9.17, 15) is 14.9 Å². The maximum atomic E-state index is 11.5. The van der Waals surface area contributed by atoms with Gasteiger partial charge in [0.25, 0.3) is 0 Å². The summed E-state index contributed by atoms with van der Waals surface area (Å²) in [5, 5.41) is 19.2. The number of nitro benzene ring substituents is 1. The molecule has 0 saturated carbocycles. The first-order chi connectivity index (χ1) is 8.01. The molecule has 0 aliphatic heterocycles. The van der Waals surface area contributed by atoms with Crippen LogP contribution in [-0.4, -0.2) is 17.5 Å². The van der Waals surface area contributed by atoms with Gasteiger partial charge in [0.05, 0.1) is 23.2 Å². The second-order valence-corrected chi connectivity index (χ2v) is 3.35. The van der Waals surface area contributed by atoms with Crippen molar-refractivity contribution in [2.75, 3.05) is 6.61 Å². The molecular weight excluding hydrogens is 248 g/mol. The Kier molecular flexibility index (Phi) is 4.01. The third kappa shape index (κ3) is 2.71. The summed E-state index contributed by atoms with van der Waals surface area (Å²) in [5.74, 6) is -0.877. The Morgan fingerprint density at radius 3 is 2.76 bits per heavy atom. The molecule has 0 aliphatic rings. The van der Waals surface area contributed by atoms with Crippen LogP contribution in [0.2, 0.25) is 5.02 Å². The Bertz CT molecular complexity index is 522. The predicted octanol–water partition coefficient (Wildman–Crippen LogP) is 2.30. The van der Waals surface area contributed by atoms with Crippen LogP contribution in [0.4, 0.5) is 5.69 Å². The highest BCUT2D eigenvalue weighted by Crippen LogP contribution is 2.30. The molecule has 1 aromatic carbocycles. The van der Waals surface area contributed by atoms with E-state index in [2.05, 4.69) is 4.74 Å². The molecule has 0 N–H and O–H groups in total. The van der Waals surface area contributed by atoms with Gasteiger partial charge in [-0.25, -0.2) is 4.79 Å². The largest absolute Gasteiger partial charge is 0.462 e. The van der Waals surface area contributed by atoms with Crippen molar-refractivity contribution >= 4 is 23.3 Å². The fourth-order valence-corrected chi connectivity index (χ4v) is 1.50. The van der Waals surface area contributed by atoms with Gasteiger partial charge in [-0.3, -0.25) is 10.1 Å². The van der Waals surface area contributed by atoms with Gasteiger partial charge >= 0.3 is 11.7 Å². The Morgan fingerprint density at radius 1 is 1.65 bits per heavy atom. The molecule has 0 aliphatic carbocycles. The van der Waals surface area contributed by atoms with Gasteiger partial charge in [-0.15, -0.1) is 0 Å². The molecule has 0 amide bonds. The van der Waals surface area contributed by atoms with Crippen LogP contribution in [0.25, 0.3) is 0 Å². The standard InChI is InChI=1S/C10H7ClN2O4/c1-2-17-10(14)7-3-6(5-12)4-8(11)9(7)13(15)16/h3-4H,2H2,1H3. The summed E-state index contributed by atoms with van der Waals surface area (Å²) < 4.78 is 4.66. The third-order valence-electron chi connectivity index (χ3n) is 1.87. The maximum Gasteiger partial charge on any atom is 0.345 e. The average Bonchev–Trinajstić information content (AvgIpc) is 2.27. The molecule has 0 radical (unpaired) electrons. The van der Waals surface area contributed by atoms with Crippen molar-refractivity contribution in [2.24, 2.45) is 0 Å². The lowest BCUT2D eigenvalue weighted by Gasteiger charge is -2.04. The topological polar surface area (TPSA) is 93.2 Å². The maximum absolute atomic E-state index is 11.5. The number of carbonyl (C=O) groups excluding carboxylic acids is 1. The Hall–Kier alpha value is -2.13. The number of nitrogens with zero attached hydrogens (tertiary/aromatic N) is 2. The number of nitro groups is 1. The summed E-state index contributed by atoms with van der Waals surface area (Å²) in [5.41, 5.74) is -0.811. The molecule has 7 heteroatoms. The van der Waals surface area contributed by atoms with Gasteiger partial charge in [0.2, 0.25) is 0 Å². The van der Waals surface area contributed by atoms with Crippen molar-refractivity contribution in [3.05, 3.63) is 38.4 Å². The first kappa shape index (κ1) is 12.9. The van der Waals surface area contributed by atoms with E-state index in [1.807, 2.05) is 0 Å². The van der Waals surface area contributed by atoms with Crippen LogP contribution in [0.1, 0.15) is 22.8 Å². The Balaban J connectivity index is 3.44. The quantitative estimate of drug-likeness (QED) is 0.469. The minimum atomic E-state index is -0.877. The molecule has 0 heterocycles. The van der Waals surface area contributed by atoms with E-state index in [0.717, 1.165) is 12.1 Å².